The van der Waals surface area contributed by atoms with Gasteiger partial charge in [0, 0.05) is 13.0 Å². The molecule has 22 heavy (non-hydrogen) atoms. The van der Waals surface area contributed by atoms with Gasteiger partial charge >= 0.3 is 5.97 Å². The number of carbonyl (C=O) groups is 2. The van der Waals surface area contributed by atoms with Crippen LogP contribution in [0.15, 0.2) is 24.3 Å². The van der Waals surface area contributed by atoms with Crippen molar-refractivity contribution in [3.05, 3.63) is 35.6 Å². The van der Waals surface area contributed by atoms with Gasteiger partial charge in [-0.05, 0) is 24.1 Å². The molecule has 1 fully saturated rings. The first-order valence-corrected chi connectivity index (χ1v) is 7.42. The number of hydrogen-bond donors (Lipinski definition) is 1. The predicted octanol–water partition coefficient (Wildman–Crippen LogP) is 1.85. The van der Waals surface area contributed by atoms with E-state index < -0.39 is 18.1 Å². The second-order valence-electron chi connectivity index (χ2n) is 5.36. The maximum Gasteiger partial charge on any atom is 0.326 e. The summed E-state index contributed by atoms with van der Waals surface area (Å²) in [6, 6.07) is 5.06. The van der Waals surface area contributed by atoms with Crippen molar-refractivity contribution in [2.45, 2.75) is 38.3 Å². The van der Waals surface area contributed by atoms with Crippen LogP contribution in [0.25, 0.3) is 0 Å². The largest absolute Gasteiger partial charge is 0.480 e. The van der Waals surface area contributed by atoms with E-state index in [1.165, 1.54) is 17.0 Å². The maximum absolute atomic E-state index is 12.9. The fourth-order valence-electron chi connectivity index (χ4n) is 2.64. The lowest BCUT2D eigenvalue weighted by atomic mass is 10.0. The smallest absolute Gasteiger partial charge is 0.326 e. The Hall–Kier alpha value is -1.95. The van der Waals surface area contributed by atoms with Crippen LogP contribution >= 0.6 is 0 Å². The van der Waals surface area contributed by atoms with Crippen LogP contribution in [0.3, 0.4) is 0 Å². The number of amides is 1. The average molecular weight is 309 g/mol. The molecule has 2 atom stereocenters. The van der Waals surface area contributed by atoms with Crippen molar-refractivity contribution in [2.75, 3.05) is 13.2 Å². The number of halogens is 1. The third-order valence-electron chi connectivity index (χ3n) is 3.77. The molecule has 1 aliphatic heterocycles. The third-order valence-corrected chi connectivity index (χ3v) is 3.77. The molecule has 0 aliphatic carbocycles. The van der Waals surface area contributed by atoms with Crippen LogP contribution in [0.1, 0.15) is 25.3 Å². The second kappa shape index (κ2) is 7.35. The van der Waals surface area contributed by atoms with Gasteiger partial charge in [0.2, 0.25) is 0 Å². The summed E-state index contributed by atoms with van der Waals surface area (Å²) in [4.78, 5) is 25.2. The fourth-order valence-corrected chi connectivity index (χ4v) is 2.64. The minimum absolute atomic E-state index is 0.287. The minimum Gasteiger partial charge on any atom is -0.480 e. The lowest BCUT2D eigenvalue weighted by molar-refractivity contribution is -0.164. The number of morpholine rings is 1. The number of carboxylic acid groups (broad SMARTS) is 1. The molecule has 1 aromatic rings. The summed E-state index contributed by atoms with van der Waals surface area (Å²) in [6.07, 6.45) is 0.709. The first-order chi connectivity index (χ1) is 10.5. The molecule has 0 saturated carbocycles. The topological polar surface area (TPSA) is 66.8 Å². The number of aliphatic carboxylic acids is 1. The molecule has 0 radical (unpaired) electrons. The van der Waals surface area contributed by atoms with E-state index in [0.29, 0.717) is 25.9 Å². The molecule has 1 aromatic carbocycles. The Kier molecular flexibility index (Phi) is 5.49. The van der Waals surface area contributed by atoms with Crippen molar-refractivity contribution < 1.29 is 23.8 Å². The Balaban J connectivity index is 2.08. The molecule has 2 rings (SSSR count). The number of nitrogens with zero attached hydrogens (tertiary/aromatic N) is 1. The molecule has 1 aliphatic rings. The number of benzene rings is 1. The summed E-state index contributed by atoms with van der Waals surface area (Å²) in [7, 11) is 0. The van der Waals surface area contributed by atoms with E-state index in [4.69, 9.17) is 4.74 Å². The van der Waals surface area contributed by atoms with Gasteiger partial charge in [-0.1, -0.05) is 25.5 Å². The SMILES string of the molecule is CCCC(C(=O)O)N1CCOC(Cc2ccc(F)cc2)C1=O. The van der Waals surface area contributed by atoms with Gasteiger partial charge in [0.05, 0.1) is 6.61 Å². The number of carboxylic acids is 1. The van der Waals surface area contributed by atoms with Crippen molar-refractivity contribution >= 4 is 11.9 Å². The zero-order valence-electron chi connectivity index (χ0n) is 12.5. The van der Waals surface area contributed by atoms with Gasteiger partial charge in [-0.2, -0.15) is 0 Å². The molecule has 0 aromatic heterocycles. The average Bonchev–Trinajstić information content (AvgIpc) is 2.49. The molecular weight excluding hydrogens is 289 g/mol. The molecule has 0 spiro atoms. The standard InChI is InChI=1S/C16H20FNO4/c1-2-3-13(16(20)21)18-8-9-22-14(15(18)19)10-11-4-6-12(17)7-5-11/h4-7,13-14H,2-3,8-10H2,1H3,(H,20,21). The van der Waals surface area contributed by atoms with Gasteiger partial charge in [-0.15, -0.1) is 0 Å². The second-order valence-corrected chi connectivity index (χ2v) is 5.36. The zero-order valence-corrected chi connectivity index (χ0v) is 12.5. The lowest BCUT2D eigenvalue weighted by Gasteiger charge is -2.36. The number of ether oxygens (including phenoxy) is 1. The summed E-state index contributed by atoms with van der Waals surface area (Å²) < 4.78 is 18.4. The Morgan fingerprint density at radius 3 is 2.73 bits per heavy atom. The van der Waals surface area contributed by atoms with Crippen molar-refractivity contribution in [2.24, 2.45) is 0 Å². The monoisotopic (exact) mass is 309 g/mol. The van der Waals surface area contributed by atoms with Crippen LogP contribution in [0.4, 0.5) is 4.39 Å². The van der Waals surface area contributed by atoms with E-state index in [2.05, 4.69) is 0 Å². The third kappa shape index (κ3) is 3.82. The fraction of sp³-hybridized carbons (Fsp3) is 0.500. The van der Waals surface area contributed by atoms with E-state index in [9.17, 15) is 19.1 Å². The number of hydrogen-bond acceptors (Lipinski definition) is 3. The minimum atomic E-state index is -0.988. The molecule has 6 heteroatoms. The molecular formula is C16H20FNO4. The molecule has 1 N–H and O–H groups in total. The van der Waals surface area contributed by atoms with Crippen LogP contribution in [0.5, 0.6) is 0 Å². The summed E-state index contributed by atoms with van der Waals surface area (Å²) in [5.74, 6) is -1.63. The Bertz CT molecular complexity index is 531. The quantitative estimate of drug-likeness (QED) is 0.871. The van der Waals surface area contributed by atoms with Gasteiger partial charge < -0.3 is 14.7 Å². The summed E-state index contributed by atoms with van der Waals surface area (Å²) in [5, 5.41) is 9.30. The first kappa shape index (κ1) is 16.4. The summed E-state index contributed by atoms with van der Waals surface area (Å²) >= 11 is 0. The van der Waals surface area contributed by atoms with E-state index in [1.54, 1.807) is 12.1 Å². The van der Waals surface area contributed by atoms with E-state index in [-0.39, 0.29) is 18.3 Å². The van der Waals surface area contributed by atoms with Gasteiger partial charge in [0.25, 0.3) is 5.91 Å². The number of carbonyl (C=O) groups excluding carboxylic acids is 1. The highest BCUT2D eigenvalue weighted by Gasteiger charge is 2.36. The summed E-state index contributed by atoms with van der Waals surface area (Å²) in [5.41, 5.74) is 0.781. The van der Waals surface area contributed by atoms with Crippen LogP contribution in [0, 0.1) is 5.82 Å². The summed E-state index contributed by atoms with van der Waals surface area (Å²) in [6.45, 7) is 2.48. The van der Waals surface area contributed by atoms with Crippen LogP contribution in [-0.2, 0) is 20.7 Å². The predicted molar refractivity (Wildman–Crippen MR) is 77.9 cm³/mol. The molecule has 1 amide bonds. The molecule has 2 unspecified atom stereocenters. The first-order valence-electron chi connectivity index (χ1n) is 7.42. The van der Waals surface area contributed by atoms with Crippen LogP contribution in [0.2, 0.25) is 0 Å². The highest BCUT2D eigenvalue weighted by atomic mass is 19.1. The van der Waals surface area contributed by atoms with E-state index in [0.717, 1.165) is 5.56 Å². The van der Waals surface area contributed by atoms with Crippen molar-refractivity contribution in [3.63, 3.8) is 0 Å². The molecule has 1 heterocycles. The normalized spacial score (nSPS) is 20.0. The highest BCUT2D eigenvalue weighted by Crippen LogP contribution is 2.18. The molecule has 0 bridgehead atoms. The van der Waals surface area contributed by atoms with Crippen molar-refractivity contribution in [3.8, 4) is 0 Å². The molecule has 120 valence electrons. The van der Waals surface area contributed by atoms with Gasteiger partial charge in [-0.3, -0.25) is 4.79 Å². The van der Waals surface area contributed by atoms with Crippen molar-refractivity contribution in [1.29, 1.82) is 0 Å². The lowest BCUT2D eigenvalue weighted by Crippen LogP contribution is -2.55. The Morgan fingerprint density at radius 2 is 2.14 bits per heavy atom. The van der Waals surface area contributed by atoms with Gasteiger partial charge in [0.1, 0.15) is 18.0 Å². The van der Waals surface area contributed by atoms with E-state index >= 15 is 0 Å². The Morgan fingerprint density at radius 1 is 1.45 bits per heavy atom. The van der Waals surface area contributed by atoms with Crippen LogP contribution < -0.4 is 0 Å². The molecule has 1 saturated heterocycles. The van der Waals surface area contributed by atoms with Gasteiger partial charge in [-0.25, -0.2) is 9.18 Å². The zero-order chi connectivity index (χ0) is 16.1. The Labute approximate surface area is 128 Å². The highest BCUT2D eigenvalue weighted by molar-refractivity contribution is 5.87. The maximum atomic E-state index is 12.9. The van der Waals surface area contributed by atoms with Crippen molar-refractivity contribution in [1.82, 2.24) is 4.90 Å². The molecule has 5 nitrogen and oxygen atoms in total. The van der Waals surface area contributed by atoms with Crippen LogP contribution in [-0.4, -0.2) is 47.2 Å². The number of rotatable bonds is 6. The van der Waals surface area contributed by atoms with E-state index in [1.807, 2.05) is 6.92 Å². The van der Waals surface area contributed by atoms with Gasteiger partial charge in [0.15, 0.2) is 0 Å².